The summed E-state index contributed by atoms with van der Waals surface area (Å²) in [6, 6.07) is 6.39. The van der Waals surface area contributed by atoms with Crippen molar-refractivity contribution in [1.82, 2.24) is 24.6 Å². The second-order valence-electron chi connectivity index (χ2n) is 9.65. The lowest BCUT2D eigenvalue weighted by Crippen LogP contribution is -2.30. The largest absolute Gasteiger partial charge is 0.356 e. The molecule has 29 heavy (non-hydrogen) atoms. The predicted molar refractivity (Wildman–Crippen MR) is 115 cm³/mol. The fraction of sp³-hybridized carbons (Fsp3) is 0.545. The lowest BCUT2D eigenvalue weighted by atomic mass is 9.92. The summed E-state index contributed by atoms with van der Waals surface area (Å²) < 4.78 is 2.00. The van der Waals surface area contributed by atoms with Gasteiger partial charge in [0, 0.05) is 67.3 Å². The van der Waals surface area contributed by atoms with Gasteiger partial charge in [0.05, 0.1) is 11.4 Å². The summed E-state index contributed by atoms with van der Waals surface area (Å²) >= 11 is 0. The standard InChI is InChI=1S/C22H29N7/c1-14-7-21(29-20(25-14)6-15(2)26-29)28-11-16-9-27(10-17(16)12-28)19-8-18(22(3,4)5)23-13-24-19/h6-8,13,16-17H,9-12H2,1-5H3. The number of anilines is 2. The van der Waals surface area contributed by atoms with E-state index >= 15 is 0 Å². The zero-order valence-electron chi connectivity index (χ0n) is 17.9. The van der Waals surface area contributed by atoms with Crippen LogP contribution in [0.5, 0.6) is 0 Å². The minimum absolute atomic E-state index is 0.0383. The minimum Gasteiger partial charge on any atom is -0.356 e. The third-order valence-corrected chi connectivity index (χ3v) is 6.21. The SMILES string of the molecule is Cc1cc(N2CC3CN(c4cc(C(C)(C)C)ncn4)CC3C2)n2nc(C)cc2n1. The first-order valence-corrected chi connectivity index (χ1v) is 10.4. The lowest BCUT2D eigenvalue weighted by Gasteiger charge is -2.25. The Morgan fingerprint density at radius 1 is 0.862 bits per heavy atom. The van der Waals surface area contributed by atoms with E-state index in [0.717, 1.165) is 54.7 Å². The van der Waals surface area contributed by atoms with E-state index in [1.807, 2.05) is 11.4 Å². The van der Waals surface area contributed by atoms with Crippen molar-refractivity contribution in [3.05, 3.63) is 41.6 Å². The molecule has 0 spiro atoms. The van der Waals surface area contributed by atoms with Crippen molar-refractivity contribution in [3.63, 3.8) is 0 Å². The van der Waals surface area contributed by atoms with E-state index in [9.17, 15) is 0 Å². The smallest absolute Gasteiger partial charge is 0.157 e. The normalized spacial score (nSPS) is 22.0. The molecule has 0 saturated carbocycles. The van der Waals surface area contributed by atoms with Gasteiger partial charge >= 0.3 is 0 Å². The lowest BCUT2D eigenvalue weighted by molar-refractivity contribution is 0.533. The number of hydrogen-bond acceptors (Lipinski definition) is 6. The van der Waals surface area contributed by atoms with Crippen LogP contribution in [-0.2, 0) is 5.41 Å². The second-order valence-corrected chi connectivity index (χ2v) is 9.65. The van der Waals surface area contributed by atoms with Gasteiger partial charge < -0.3 is 9.80 Å². The fourth-order valence-electron chi connectivity index (χ4n) is 4.72. The van der Waals surface area contributed by atoms with Crippen LogP contribution in [0, 0.1) is 25.7 Å². The molecular weight excluding hydrogens is 362 g/mol. The van der Waals surface area contributed by atoms with E-state index in [-0.39, 0.29) is 5.41 Å². The maximum absolute atomic E-state index is 4.67. The molecule has 0 aliphatic carbocycles. The first-order valence-electron chi connectivity index (χ1n) is 10.4. The first-order chi connectivity index (χ1) is 13.8. The Labute approximate surface area is 171 Å². The topological polar surface area (TPSA) is 62.5 Å². The first kappa shape index (κ1) is 18.3. The van der Waals surface area contributed by atoms with Crippen molar-refractivity contribution >= 4 is 17.3 Å². The van der Waals surface area contributed by atoms with Crippen molar-refractivity contribution in [1.29, 1.82) is 0 Å². The summed E-state index contributed by atoms with van der Waals surface area (Å²) in [5, 5.41) is 4.67. The van der Waals surface area contributed by atoms with Crippen LogP contribution in [-0.4, -0.2) is 50.7 Å². The van der Waals surface area contributed by atoms with Gasteiger partial charge in [-0.3, -0.25) is 0 Å². The van der Waals surface area contributed by atoms with Crippen LogP contribution in [0.25, 0.3) is 5.65 Å². The minimum atomic E-state index is 0.0383. The van der Waals surface area contributed by atoms with E-state index in [1.54, 1.807) is 6.33 Å². The molecular formula is C22H29N7. The van der Waals surface area contributed by atoms with Gasteiger partial charge in [0.25, 0.3) is 0 Å². The van der Waals surface area contributed by atoms with Gasteiger partial charge in [0.1, 0.15) is 18.0 Å². The molecule has 0 radical (unpaired) electrons. The molecule has 0 aromatic carbocycles. The van der Waals surface area contributed by atoms with E-state index in [0.29, 0.717) is 11.8 Å². The van der Waals surface area contributed by atoms with Crippen molar-refractivity contribution < 1.29 is 0 Å². The average molecular weight is 392 g/mol. The summed E-state index contributed by atoms with van der Waals surface area (Å²) in [6.07, 6.45) is 1.72. The predicted octanol–water partition coefficient (Wildman–Crippen LogP) is 3.01. The molecule has 0 amide bonds. The quantitative estimate of drug-likeness (QED) is 0.669. The molecule has 3 aromatic heterocycles. The zero-order valence-corrected chi connectivity index (χ0v) is 17.9. The summed E-state index contributed by atoms with van der Waals surface area (Å²) in [5.41, 5.74) is 4.13. The molecule has 5 heterocycles. The van der Waals surface area contributed by atoms with E-state index in [4.69, 9.17) is 0 Å². The fourth-order valence-corrected chi connectivity index (χ4v) is 4.72. The van der Waals surface area contributed by atoms with E-state index < -0.39 is 0 Å². The van der Waals surface area contributed by atoms with Crippen LogP contribution in [0.1, 0.15) is 37.9 Å². The molecule has 2 saturated heterocycles. The molecule has 2 aliphatic rings. The number of hydrogen-bond donors (Lipinski definition) is 0. The number of fused-ring (bicyclic) bond motifs is 2. The molecule has 5 rings (SSSR count). The van der Waals surface area contributed by atoms with Crippen LogP contribution in [0.3, 0.4) is 0 Å². The van der Waals surface area contributed by atoms with E-state index in [2.05, 4.69) is 75.7 Å². The van der Waals surface area contributed by atoms with Crippen molar-refractivity contribution in [3.8, 4) is 0 Å². The third kappa shape index (κ3) is 3.22. The summed E-state index contributed by atoms with van der Waals surface area (Å²) in [4.78, 5) is 18.6. The molecule has 0 bridgehead atoms. The van der Waals surface area contributed by atoms with E-state index in [1.165, 1.54) is 5.82 Å². The summed E-state index contributed by atoms with van der Waals surface area (Å²) in [5.74, 6) is 3.51. The molecule has 7 nitrogen and oxygen atoms in total. The molecule has 152 valence electrons. The number of aromatic nitrogens is 5. The average Bonchev–Trinajstić information content (AvgIpc) is 3.32. The third-order valence-electron chi connectivity index (χ3n) is 6.21. The monoisotopic (exact) mass is 391 g/mol. The van der Waals surface area contributed by atoms with Crippen LogP contribution in [0.15, 0.2) is 24.5 Å². The number of nitrogens with zero attached hydrogens (tertiary/aromatic N) is 7. The van der Waals surface area contributed by atoms with Crippen molar-refractivity contribution in [2.45, 2.75) is 40.0 Å². The molecule has 2 fully saturated rings. The molecule has 2 aliphatic heterocycles. The zero-order chi connectivity index (χ0) is 20.3. The Bertz CT molecular complexity index is 1050. The molecule has 2 atom stereocenters. The summed E-state index contributed by atoms with van der Waals surface area (Å²) in [7, 11) is 0. The van der Waals surface area contributed by atoms with Gasteiger partial charge in [-0.25, -0.2) is 15.0 Å². The Hall–Kier alpha value is -2.70. The van der Waals surface area contributed by atoms with Crippen molar-refractivity contribution in [2.24, 2.45) is 11.8 Å². The van der Waals surface area contributed by atoms with Gasteiger partial charge in [-0.1, -0.05) is 20.8 Å². The molecule has 3 aromatic rings. The Balaban J connectivity index is 1.36. The number of rotatable bonds is 2. The highest BCUT2D eigenvalue weighted by Crippen LogP contribution is 2.36. The van der Waals surface area contributed by atoms with Crippen LogP contribution >= 0.6 is 0 Å². The second kappa shape index (κ2) is 6.40. The van der Waals surface area contributed by atoms with Gasteiger partial charge in [0.15, 0.2) is 5.65 Å². The Morgan fingerprint density at radius 3 is 2.24 bits per heavy atom. The highest BCUT2D eigenvalue weighted by molar-refractivity contribution is 5.53. The van der Waals surface area contributed by atoms with Gasteiger partial charge in [-0.15, -0.1) is 0 Å². The molecule has 7 heteroatoms. The Kier molecular flexibility index (Phi) is 4.05. The van der Waals surface area contributed by atoms with Crippen molar-refractivity contribution in [2.75, 3.05) is 36.0 Å². The van der Waals surface area contributed by atoms with Crippen LogP contribution in [0.2, 0.25) is 0 Å². The molecule has 0 N–H and O–H groups in total. The number of aryl methyl sites for hydroxylation is 2. The highest BCUT2D eigenvalue weighted by atomic mass is 15.4. The Morgan fingerprint density at radius 2 is 1.55 bits per heavy atom. The summed E-state index contributed by atoms with van der Waals surface area (Å²) in [6.45, 7) is 14.9. The van der Waals surface area contributed by atoms with Gasteiger partial charge in [-0.05, 0) is 13.8 Å². The molecule has 2 unspecified atom stereocenters. The maximum atomic E-state index is 4.67. The highest BCUT2D eigenvalue weighted by Gasteiger charge is 2.41. The van der Waals surface area contributed by atoms with Gasteiger partial charge in [-0.2, -0.15) is 9.61 Å². The maximum Gasteiger partial charge on any atom is 0.157 e. The van der Waals surface area contributed by atoms with Crippen LogP contribution in [0.4, 0.5) is 11.6 Å². The van der Waals surface area contributed by atoms with Crippen LogP contribution < -0.4 is 9.80 Å². The van der Waals surface area contributed by atoms with Gasteiger partial charge in [0.2, 0.25) is 0 Å².